The number of carbonyl (C=O) groups excluding carboxylic acids is 1. The molecule has 7 nitrogen and oxygen atoms in total. The molecule has 0 unspecified atom stereocenters. The zero-order chi connectivity index (χ0) is 15.5. The SMILES string of the molecule is Cc1cc(S(=O)(=O)NC(=O)/C=C/c2ccncn2)c(C)o1. The van der Waals surface area contributed by atoms with E-state index in [1.807, 2.05) is 4.72 Å². The third-order valence-electron chi connectivity index (χ3n) is 2.53. The molecule has 2 aromatic heterocycles. The molecular weight excluding hydrogens is 294 g/mol. The van der Waals surface area contributed by atoms with E-state index in [4.69, 9.17) is 4.42 Å². The van der Waals surface area contributed by atoms with Crippen LogP contribution in [0, 0.1) is 13.8 Å². The van der Waals surface area contributed by atoms with Gasteiger partial charge in [-0.15, -0.1) is 0 Å². The van der Waals surface area contributed by atoms with Crippen LogP contribution in [0.5, 0.6) is 0 Å². The van der Waals surface area contributed by atoms with Crippen LogP contribution in [-0.4, -0.2) is 24.3 Å². The van der Waals surface area contributed by atoms with E-state index in [1.165, 1.54) is 31.6 Å². The van der Waals surface area contributed by atoms with E-state index in [0.29, 0.717) is 11.5 Å². The van der Waals surface area contributed by atoms with Crippen molar-refractivity contribution in [3.63, 3.8) is 0 Å². The summed E-state index contributed by atoms with van der Waals surface area (Å²) in [7, 11) is -3.95. The van der Waals surface area contributed by atoms with E-state index in [1.54, 1.807) is 13.0 Å². The van der Waals surface area contributed by atoms with Crippen LogP contribution in [0.15, 0.2) is 40.0 Å². The van der Waals surface area contributed by atoms with Crippen molar-refractivity contribution < 1.29 is 17.6 Å². The Morgan fingerprint density at radius 3 is 2.71 bits per heavy atom. The summed E-state index contributed by atoms with van der Waals surface area (Å²) < 4.78 is 31.2. The number of hydrogen-bond acceptors (Lipinski definition) is 6. The number of aromatic nitrogens is 2. The lowest BCUT2D eigenvalue weighted by atomic mass is 10.3. The number of hydrogen-bond donors (Lipinski definition) is 1. The Morgan fingerprint density at radius 2 is 2.14 bits per heavy atom. The average Bonchev–Trinajstić information content (AvgIpc) is 2.77. The van der Waals surface area contributed by atoms with E-state index < -0.39 is 15.9 Å². The third-order valence-corrected chi connectivity index (χ3v) is 3.98. The molecule has 21 heavy (non-hydrogen) atoms. The van der Waals surface area contributed by atoms with Crippen LogP contribution in [0.25, 0.3) is 6.08 Å². The van der Waals surface area contributed by atoms with Gasteiger partial charge in [-0.3, -0.25) is 4.79 Å². The van der Waals surface area contributed by atoms with Gasteiger partial charge in [0.25, 0.3) is 15.9 Å². The fraction of sp³-hybridized carbons (Fsp3) is 0.154. The summed E-state index contributed by atoms with van der Waals surface area (Å²) in [6.45, 7) is 3.14. The van der Waals surface area contributed by atoms with Crippen LogP contribution in [0.4, 0.5) is 0 Å². The van der Waals surface area contributed by atoms with Crippen molar-refractivity contribution in [3.05, 3.63) is 47.9 Å². The predicted molar refractivity (Wildman–Crippen MR) is 74.6 cm³/mol. The van der Waals surface area contributed by atoms with Gasteiger partial charge in [0.05, 0.1) is 5.69 Å². The quantitative estimate of drug-likeness (QED) is 0.852. The molecule has 0 fully saturated rings. The lowest BCUT2D eigenvalue weighted by Crippen LogP contribution is -2.29. The molecule has 1 amide bonds. The molecule has 0 aliphatic heterocycles. The molecule has 0 saturated heterocycles. The number of sulfonamides is 1. The smallest absolute Gasteiger partial charge is 0.267 e. The van der Waals surface area contributed by atoms with Gasteiger partial charge in [-0.1, -0.05) is 0 Å². The van der Waals surface area contributed by atoms with Crippen LogP contribution in [0.1, 0.15) is 17.2 Å². The summed E-state index contributed by atoms with van der Waals surface area (Å²) in [6.07, 6.45) is 5.31. The Kier molecular flexibility index (Phi) is 4.18. The Hall–Kier alpha value is -2.48. The van der Waals surface area contributed by atoms with Gasteiger partial charge < -0.3 is 4.42 Å². The molecule has 2 rings (SSSR count). The van der Waals surface area contributed by atoms with Crippen LogP contribution >= 0.6 is 0 Å². The first-order valence-electron chi connectivity index (χ1n) is 5.96. The summed E-state index contributed by atoms with van der Waals surface area (Å²) >= 11 is 0. The zero-order valence-corrected chi connectivity index (χ0v) is 12.2. The fourth-order valence-electron chi connectivity index (χ4n) is 1.66. The molecule has 2 aromatic rings. The maximum atomic E-state index is 12.0. The highest BCUT2D eigenvalue weighted by Gasteiger charge is 2.21. The molecule has 0 bridgehead atoms. The minimum absolute atomic E-state index is 0.0520. The molecule has 0 spiro atoms. The van der Waals surface area contributed by atoms with Crippen molar-refractivity contribution in [1.82, 2.24) is 14.7 Å². The van der Waals surface area contributed by atoms with Gasteiger partial charge >= 0.3 is 0 Å². The van der Waals surface area contributed by atoms with Gasteiger partial charge in [-0.05, 0) is 26.0 Å². The number of rotatable bonds is 4. The highest BCUT2D eigenvalue weighted by atomic mass is 32.2. The molecule has 0 aliphatic carbocycles. The number of carbonyl (C=O) groups is 1. The Labute approximate surface area is 121 Å². The first-order chi connectivity index (χ1) is 9.88. The first-order valence-corrected chi connectivity index (χ1v) is 7.45. The molecule has 1 N–H and O–H groups in total. The Morgan fingerprint density at radius 1 is 1.38 bits per heavy atom. The molecule has 0 atom stereocenters. The van der Waals surface area contributed by atoms with Gasteiger partial charge in [0.15, 0.2) is 0 Å². The predicted octanol–water partition coefficient (Wildman–Crippen LogP) is 1.20. The summed E-state index contributed by atoms with van der Waals surface area (Å²) in [6, 6.07) is 2.95. The molecule has 8 heteroatoms. The van der Waals surface area contributed by atoms with Gasteiger partial charge in [-0.2, -0.15) is 0 Å². The van der Waals surface area contributed by atoms with Crippen molar-refractivity contribution in [2.75, 3.05) is 0 Å². The maximum absolute atomic E-state index is 12.0. The lowest BCUT2D eigenvalue weighted by Gasteiger charge is -2.02. The van der Waals surface area contributed by atoms with Crippen LogP contribution < -0.4 is 4.72 Å². The topological polar surface area (TPSA) is 102 Å². The molecule has 0 aliphatic rings. The molecule has 0 radical (unpaired) electrons. The number of nitrogens with zero attached hydrogens (tertiary/aromatic N) is 2. The first kappa shape index (κ1) is 14.9. The number of amides is 1. The highest BCUT2D eigenvalue weighted by molar-refractivity contribution is 7.90. The van der Waals surface area contributed by atoms with Gasteiger partial charge in [-0.25, -0.2) is 23.1 Å². The average molecular weight is 307 g/mol. The molecule has 2 heterocycles. The number of nitrogens with one attached hydrogen (secondary N) is 1. The summed E-state index contributed by atoms with van der Waals surface area (Å²) in [4.78, 5) is 19.2. The van der Waals surface area contributed by atoms with Gasteiger partial charge in [0.1, 0.15) is 22.7 Å². The molecular formula is C13H13N3O4S. The third kappa shape index (κ3) is 3.76. The molecule has 0 aromatic carbocycles. The second kappa shape index (κ2) is 5.88. The van der Waals surface area contributed by atoms with E-state index in [2.05, 4.69) is 9.97 Å². The normalized spacial score (nSPS) is 11.7. The number of furan rings is 1. The monoisotopic (exact) mass is 307 g/mol. The van der Waals surface area contributed by atoms with Crippen molar-refractivity contribution in [1.29, 1.82) is 0 Å². The van der Waals surface area contributed by atoms with E-state index in [0.717, 1.165) is 6.08 Å². The van der Waals surface area contributed by atoms with Crippen molar-refractivity contribution in [2.24, 2.45) is 0 Å². The minimum Gasteiger partial charge on any atom is -0.465 e. The standard InChI is InChI=1S/C13H13N3O4S/c1-9-7-12(10(2)20-9)21(18,19)16-13(17)4-3-11-5-6-14-8-15-11/h3-8H,1-2H3,(H,16,17)/b4-3+. The van der Waals surface area contributed by atoms with Crippen LogP contribution in [0.2, 0.25) is 0 Å². The fourth-order valence-corrected chi connectivity index (χ4v) is 2.84. The Bertz CT molecular complexity index is 779. The van der Waals surface area contributed by atoms with Gasteiger partial charge in [0, 0.05) is 18.3 Å². The summed E-state index contributed by atoms with van der Waals surface area (Å²) in [5.74, 6) is -0.0868. The number of aryl methyl sites for hydroxylation is 2. The lowest BCUT2D eigenvalue weighted by molar-refractivity contribution is -0.114. The second-order valence-electron chi connectivity index (χ2n) is 4.21. The maximum Gasteiger partial charge on any atom is 0.267 e. The van der Waals surface area contributed by atoms with E-state index in [-0.39, 0.29) is 10.7 Å². The minimum atomic E-state index is -3.95. The largest absolute Gasteiger partial charge is 0.465 e. The Balaban J connectivity index is 2.12. The highest BCUT2D eigenvalue weighted by Crippen LogP contribution is 2.18. The van der Waals surface area contributed by atoms with Crippen molar-refractivity contribution in [2.45, 2.75) is 18.7 Å². The van der Waals surface area contributed by atoms with Crippen molar-refractivity contribution in [3.8, 4) is 0 Å². The molecule has 110 valence electrons. The van der Waals surface area contributed by atoms with Crippen LogP contribution in [0.3, 0.4) is 0 Å². The van der Waals surface area contributed by atoms with Crippen molar-refractivity contribution >= 4 is 22.0 Å². The second-order valence-corrected chi connectivity index (χ2v) is 5.87. The zero-order valence-electron chi connectivity index (χ0n) is 11.4. The molecule has 0 saturated carbocycles. The van der Waals surface area contributed by atoms with E-state index in [9.17, 15) is 13.2 Å². The van der Waals surface area contributed by atoms with E-state index >= 15 is 0 Å². The summed E-state index contributed by atoms with van der Waals surface area (Å²) in [5, 5.41) is 0. The summed E-state index contributed by atoms with van der Waals surface area (Å²) in [5.41, 5.74) is 0.493. The van der Waals surface area contributed by atoms with Crippen LogP contribution in [-0.2, 0) is 14.8 Å². The van der Waals surface area contributed by atoms with Gasteiger partial charge in [0.2, 0.25) is 0 Å².